The Labute approximate surface area is 138 Å². The number of nitriles is 1. The van der Waals surface area contributed by atoms with Gasteiger partial charge in [0, 0.05) is 18.8 Å². The van der Waals surface area contributed by atoms with Gasteiger partial charge in [0.15, 0.2) is 0 Å². The van der Waals surface area contributed by atoms with Crippen molar-refractivity contribution in [2.24, 2.45) is 17.8 Å². The molecule has 0 saturated heterocycles. The van der Waals surface area contributed by atoms with Crippen molar-refractivity contribution in [3.63, 3.8) is 0 Å². The topological polar surface area (TPSA) is 50.1 Å². The Morgan fingerprint density at radius 3 is 2.00 bits per heavy atom. The number of carbonyl (C=O) groups is 1. The zero-order valence-electron chi connectivity index (χ0n) is 13.2. The molecule has 4 atom stereocenters. The second kappa shape index (κ2) is 7.88. The maximum absolute atomic E-state index is 14.1. The number of carbonyl (C=O) groups excluding carboxylic acids is 1. The minimum atomic E-state index is -1.77. The Hall–Kier alpha value is -1.76. The van der Waals surface area contributed by atoms with Crippen LogP contribution in [0.4, 0.5) is 17.6 Å². The van der Waals surface area contributed by atoms with Crippen LogP contribution in [0.5, 0.6) is 0 Å². The quantitative estimate of drug-likeness (QED) is 0.439. The van der Waals surface area contributed by atoms with Crippen molar-refractivity contribution in [2.45, 2.75) is 63.4 Å². The smallest absolute Gasteiger partial charge is 0.315 e. The highest BCUT2D eigenvalue weighted by Gasteiger charge is 2.46. The molecule has 0 aromatic rings. The van der Waals surface area contributed by atoms with E-state index in [0.29, 0.717) is 0 Å². The number of hydrogen-bond donors (Lipinski definition) is 0. The summed E-state index contributed by atoms with van der Waals surface area (Å²) in [4.78, 5) is 12.1. The normalized spacial score (nSPS) is 42.3. The predicted octanol–water partition coefficient (Wildman–Crippen LogP) is 3.23. The second-order valence-electron chi connectivity index (χ2n) is 6.34. The number of halogens is 4. The molecule has 0 aromatic heterocycles. The Balaban J connectivity index is 1.97. The maximum Gasteiger partial charge on any atom is 0.315 e. The molecule has 24 heavy (non-hydrogen) atoms. The summed E-state index contributed by atoms with van der Waals surface area (Å²) in [7, 11) is 0. The van der Waals surface area contributed by atoms with E-state index in [9.17, 15) is 22.4 Å². The maximum atomic E-state index is 14.1. The summed E-state index contributed by atoms with van der Waals surface area (Å²) in [6.07, 6.45) is -8.96. The molecular formula is C17H19F4NO2. The molecule has 2 aliphatic rings. The van der Waals surface area contributed by atoms with E-state index in [4.69, 9.17) is 10.00 Å². The predicted molar refractivity (Wildman–Crippen MR) is 77.5 cm³/mol. The van der Waals surface area contributed by atoms with Gasteiger partial charge in [-0.2, -0.15) is 5.26 Å². The van der Waals surface area contributed by atoms with Crippen LogP contribution in [0.1, 0.15) is 32.6 Å². The molecule has 0 spiro atoms. The standard InChI is InChI=1S/C17H19F4NO2/c1-2-3-9-4-14(20)16(15(21)5-9)17(23)24-10-6-12(18)11(8-22)13(19)7-10/h9-16H,4-7H2,1H3. The summed E-state index contributed by atoms with van der Waals surface area (Å²) in [6.45, 7) is 1.57. The number of alkyl halides is 4. The van der Waals surface area contributed by atoms with E-state index < -0.39 is 54.5 Å². The van der Waals surface area contributed by atoms with Gasteiger partial charge in [0.05, 0.1) is 6.07 Å². The van der Waals surface area contributed by atoms with Crippen LogP contribution in [0.15, 0.2) is 0 Å². The minimum Gasteiger partial charge on any atom is -0.462 e. The summed E-state index contributed by atoms with van der Waals surface area (Å²) in [6, 6.07) is 1.55. The summed E-state index contributed by atoms with van der Waals surface area (Å²) in [5.41, 5.74) is 0. The Kier molecular flexibility index (Phi) is 6.10. The average molecular weight is 345 g/mol. The molecule has 2 aliphatic carbocycles. The van der Waals surface area contributed by atoms with E-state index in [-0.39, 0.29) is 25.7 Å². The van der Waals surface area contributed by atoms with Crippen molar-refractivity contribution in [3.05, 3.63) is 0 Å². The fourth-order valence-electron chi connectivity index (χ4n) is 3.40. The molecule has 2 fully saturated rings. The van der Waals surface area contributed by atoms with E-state index >= 15 is 0 Å². The third-order valence-corrected chi connectivity index (χ3v) is 4.61. The minimum absolute atomic E-state index is 0.0698. The molecule has 3 nitrogen and oxygen atoms in total. The van der Waals surface area contributed by atoms with Crippen LogP contribution in [-0.2, 0) is 9.53 Å². The van der Waals surface area contributed by atoms with Crippen molar-refractivity contribution < 1.29 is 27.1 Å². The molecule has 0 heterocycles. The molecule has 2 saturated carbocycles. The first-order valence-corrected chi connectivity index (χ1v) is 7.96. The zero-order valence-corrected chi connectivity index (χ0v) is 13.2. The molecule has 7 heteroatoms. The lowest BCUT2D eigenvalue weighted by Crippen LogP contribution is -2.45. The fourth-order valence-corrected chi connectivity index (χ4v) is 3.40. The van der Waals surface area contributed by atoms with Crippen LogP contribution in [-0.4, -0.2) is 36.8 Å². The number of hydrogen-bond acceptors (Lipinski definition) is 3. The van der Waals surface area contributed by atoms with Gasteiger partial charge in [-0.15, -0.1) is 5.92 Å². The molecule has 0 aliphatic heterocycles. The molecule has 0 bridgehead atoms. The van der Waals surface area contributed by atoms with Gasteiger partial charge in [-0.1, -0.05) is 5.92 Å². The lowest BCUT2D eigenvalue weighted by molar-refractivity contribution is -0.166. The highest BCUT2D eigenvalue weighted by molar-refractivity contribution is 5.74. The van der Waals surface area contributed by atoms with Gasteiger partial charge < -0.3 is 4.74 Å². The molecule has 0 aromatic carbocycles. The fraction of sp³-hybridized carbons (Fsp3) is 0.765. The van der Waals surface area contributed by atoms with Gasteiger partial charge in [0.1, 0.15) is 42.6 Å². The van der Waals surface area contributed by atoms with Crippen molar-refractivity contribution in [3.8, 4) is 17.9 Å². The zero-order chi connectivity index (χ0) is 17.9. The Morgan fingerprint density at radius 1 is 1.00 bits per heavy atom. The van der Waals surface area contributed by atoms with Gasteiger partial charge >= 0.3 is 5.97 Å². The monoisotopic (exact) mass is 345 g/mol. The summed E-state index contributed by atoms with van der Waals surface area (Å²) in [5.74, 6) is 0.734. The molecule has 0 N–H and O–H groups in total. The lowest BCUT2D eigenvalue weighted by atomic mass is 9.79. The van der Waals surface area contributed by atoms with Crippen molar-refractivity contribution in [1.29, 1.82) is 5.26 Å². The third-order valence-electron chi connectivity index (χ3n) is 4.61. The highest BCUT2D eigenvalue weighted by Crippen LogP contribution is 2.36. The van der Waals surface area contributed by atoms with Crippen LogP contribution in [0.2, 0.25) is 0 Å². The number of nitrogens with zero attached hydrogens (tertiary/aromatic N) is 1. The first-order valence-electron chi connectivity index (χ1n) is 7.96. The van der Waals surface area contributed by atoms with Gasteiger partial charge in [0.2, 0.25) is 0 Å². The van der Waals surface area contributed by atoms with Crippen molar-refractivity contribution >= 4 is 5.97 Å². The highest BCUT2D eigenvalue weighted by atomic mass is 19.2. The number of ether oxygens (including phenoxy) is 1. The van der Waals surface area contributed by atoms with Crippen LogP contribution in [0.3, 0.4) is 0 Å². The van der Waals surface area contributed by atoms with E-state index in [1.54, 1.807) is 13.0 Å². The van der Waals surface area contributed by atoms with Crippen LogP contribution >= 0.6 is 0 Å². The molecule has 4 unspecified atom stereocenters. The van der Waals surface area contributed by atoms with E-state index in [1.165, 1.54) is 0 Å². The average Bonchev–Trinajstić information content (AvgIpc) is 2.46. The van der Waals surface area contributed by atoms with Gasteiger partial charge in [-0.3, -0.25) is 4.79 Å². The molecular weight excluding hydrogens is 326 g/mol. The Morgan fingerprint density at radius 2 is 1.54 bits per heavy atom. The number of esters is 1. The first kappa shape index (κ1) is 18.6. The van der Waals surface area contributed by atoms with Crippen LogP contribution in [0, 0.1) is 40.9 Å². The third kappa shape index (κ3) is 4.01. The van der Waals surface area contributed by atoms with Crippen molar-refractivity contribution in [1.82, 2.24) is 0 Å². The summed E-state index contributed by atoms with van der Waals surface area (Å²) < 4.78 is 60.7. The molecule has 0 amide bonds. The van der Waals surface area contributed by atoms with E-state index in [0.717, 1.165) is 0 Å². The van der Waals surface area contributed by atoms with E-state index in [2.05, 4.69) is 11.8 Å². The summed E-state index contributed by atoms with van der Waals surface area (Å²) >= 11 is 0. The first-order chi connectivity index (χ1) is 11.4. The second-order valence-corrected chi connectivity index (χ2v) is 6.34. The molecule has 132 valence electrons. The number of rotatable bonds is 2. The van der Waals surface area contributed by atoms with Crippen molar-refractivity contribution in [2.75, 3.05) is 0 Å². The van der Waals surface area contributed by atoms with Crippen LogP contribution < -0.4 is 0 Å². The summed E-state index contributed by atoms with van der Waals surface area (Å²) in [5, 5.41) is 8.69. The van der Waals surface area contributed by atoms with Gasteiger partial charge in [0.25, 0.3) is 0 Å². The van der Waals surface area contributed by atoms with Gasteiger partial charge in [-0.25, -0.2) is 17.6 Å². The van der Waals surface area contributed by atoms with Crippen LogP contribution in [0.25, 0.3) is 0 Å². The largest absolute Gasteiger partial charge is 0.462 e. The molecule has 0 radical (unpaired) electrons. The van der Waals surface area contributed by atoms with E-state index in [1.807, 2.05) is 0 Å². The Bertz CT molecular complexity index is 543. The SMILES string of the molecule is CC#CC1CC(F)C(C(=O)OC2CC(F)C(C#N)C(F)C2)C(F)C1. The lowest BCUT2D eigenvalue weighted by Gasteiger charge is -2.34. The molecule has 2 rings (SSSR count). The van der Waals surface area contributed by atoms with Gasteiger partial charge in [-0.05, 0) is 19.8 Å².